The number of hydrogen-bond donors (Lipinski definition) is 0. The zero-order chi connectivity index (χ0) is 25.8. The van der Waals surface area contributed by atoms with Crippen molar-refractivity contribution >= 4 is 23.9 Å². The molecule has 3 saturated carbocycles. The SMILES string of the molecule is CCCC(=O)O[C@@H]1[C@H](OC(C)=O)[C@H]2C(C)(C)CCC[C@]2(C)[C@H]2CC[C@@H](C(=O)OC)[C@H]3C(=O)OC[C@]132. The van der Waals surface area contributed by atoms with Gasteiger partial charge in [-0.1, -0.05) is 34.1 Å². The fourth-order valence-electron chi connectivity index (χ4n) is 8.76. The molecule has 4 fully saturated rings. The Morgan fingerprint density at radius 2 is 1.80 bits per heavy atom. The molecule has 0 radical (unpaired) electrons. The van der Waals surface area contributed by atoms with Gasteiger partial charge in [-0.2, -0.15) is 0 Å². The van der Waals surface area contributed by atoms with Crippen LogP contribution < -0.4 is 0 Å². The Kier molecular flexibility index (Phi) is 6.73. The number of methoxy groups -OCH3 is 1. The molecule has 0 amide bonds. The fourth-order valence-corrected chi connectivity index (χ4v) is 8.76. The van der Waals surface area contributed by atoms with E-state index in [0.29, 0.717) is 19.3 Å². The average Bonchev–Trinajstić information content (AvgIpc) is 3.12. The number of rotatable bonds is 5. The van der Waals surface area contributed by atoms with Gasteiger partial charge in [0.2, 0.25) is 0 Å². The summed E-state index contributed by atoms with van der Waals surface area (Å²) < 4.78 is 23.1. The van der Waals surface area contributed by atoms with Crippen LogP contribution in [-0.4, -0.2) is 49.8 Å². The third-order valence-corrected chi connectivity index (χ3v) is 9.68. The van der Waals surface area contributed by atoms with Crippen molar-refractivity contribution in [2.45, 2.75) is 91.8 Å². The molecule has 35 heavy (non-hydrogen) atoms. The Balaban J connectivity index is 1.94. The molecule has 8 atom stereocenters. The van der Waals surface area contributed by atoms with E-state index in [-0.39, 0.29) is 35.7 Å². The number of fused-ring (bicyclic) bond motifs is 2. The van der Waals surface area contributed by atoms with Gasteiger partial charge in [-0.05, 0) is 48.9 Å². The molecule has 0 aromatic carbocycles. The van der Waals surface area contributed by atoms with Crippen LogP contribution >= 0.6 is 0 Å². The lowest BCUT2D eigenvalue weighted by Crippen LogP contribution is -2.72. The molecular weight excluding hydrogens is 452 g/mol. The molecule has 4 aliphatic rings. The maximum Gasteiger partial charge on any atom is 0.310 e. The molecule has 0 bridgehead atoms. The summed E-state index contributed by atoms with van der Waals surface area (Å²) in [5.41, 5.74) is -1.43. The summed E-state index contributed by atoms with van der Waals surface area (Å²) in [6.07, 6.45) is 3.29. The lowest BCUT2D eigenvalue weighted by Gasteiger charge is -2.68. The first kappa shape index (κ1) is 26.0. The minimum Gasteiger partial charge on any atom is -0.469 e. The molecular formula is C27H40O8. The highest BCUT2D eigenvalue weighted by molar-refractivity contribution is 5.85. The minimum atomic E-state index is -0.962. The van der Waals surface area contributed by atoms with E-state index in [2.05, 4.69) is 20.8 Å². The Labute approximate surface area is 207 Å². The van der Waals surface area contributed by atoms with Crippen molar-refractivity contribution in [1.82, 2.24) is 0 Å². The maximum absolute atomic E-state index is 13.3. The van der Waals surface area contributed by atoms with E-state index in [9.17, 15) is 19.2 Å². The molecule has 0 aromatic heterocycles. The first-order chi connectivity index (χ1) is 16.4. The fraction of sp³-hybridized carbons (Fsp3) is 0.852. The van der Waals surface area contributed by atoms with Crippen LogP contribution in [0.5, 0.6) is 0 Å². The van der Waals surface area contributed by atoms with Gasteiger partial charge >= 0.3 is 23.9 Å². The van der Waals surface area contributed by atoms with Crippen LogP contribution in [0.1, 0.15) is 79.6 Å². The second kappa shape index (κ2) is 9.07. The van der Waals surface area contributed by atoms with E-state index in [1.54, 1.807) is 0 Å². The van der Waals surface area contributed by atoms with Crippen LogP contribution in [0.4, 0.5) is 0 Å². The molecule has 1 aliphatic heterocycles. The van der Waals surface area contributed by atoms with Gasteiger partial charge in [-0.15, -0.1) is 0 Å². The van der Waals surface area contributed by atoms with Gasteiger partial charge in [-0.25, -0.2) is 0 Å². The molecule has 3 aliphatic carbocycles. The van der Waals surface area contributed by atoms with Gasteiger partial charge in [0, 0.05) is 19.3 Å². The van der Waals surface area contributed by atoms with E-state index in [4.69, 9.17) is 18.9 Å². The normalized spacial score (nSPS) is 41.5. The van der Waals surface area contributed by atoms with Crippen molar-refractivity contribution in [3.05, 3.63) is 0 Å². The van der Waals surface area contributed by atoms with Crippen LogP contribution in [0.3, 0.4) is 0 Å². The Bertz CT molecular complexity index is 896. The number of carbonyl (C=O) groups excluding carboxylic acids is 4. The number of esters is 4. The Morgan fingerprint density at radius 3 is 2.43 bits per heavy atom. The number of cyclic esters (lactones) is 1. The molecule has 1 spiro atoms. The van der Waals surface area contributed by atoms with E-state index < -0.39 is 53.3 Å². The van der Waals surface area contributed by atoms with Crippen LogP contribution in [0.25, 0.3) is 0 Å². The summed E-state index contributed by atoms with van der Waals surface area (Å²) in [5, 5.41) is 0. The van der Waals surface area contributed by atoms with Crippen molar-refractivity contribution in [2.24, 2.45) is 39.9 Å². The summed E-state index contributed by atoms with van der Waals surface area (Å²) in [4.78, 5) is 51.6. The molecule has 1 saturated heterocycles. The van der Waals surface area contributed by atoms with Gasteiger partial charge in [0.05, 0.1) is 24.4 Å². The van der Waals surface area contributed by atoms with Gasteiger partial charge in [0.25, 0.3) is 0 Å². The lowest BCUT2D eigenvalue weighted by molar-refractivity contribution is -0.277. The topological polar surface area (TPSA) is 105 Å². The van der Waals surface area contributed by atoms with E-state index in [1.165, 1.54) is 14.0 Å². The van der Waals surface area contributed by atoms with Crippen molar-refractivity contribution in [3.63, 3.8) is 0 Å². The number of carbonyl (C=O) groups is 4. The molecule has 0 unspecified atom stereocenters. The van der Waals surface area contributed by atoms with Gasteiger partial charge in [0.1, 0.15) is 18.8 Å². The highest BCUT2D eigenvalue weighted by atomic mass is 16.6. The van der Waals surface area contributed by atoms with E-state index in [0.717, 1.165) is 19.3 Å². The summed E-state index contributed by atoms with van der Waals surface area (Å²) in [6.45, 7) is 9.94. The predicted octanol–water partition coefficient (Wildman–Crippen LogP) is 3.83. The summed E-state index contributed by atoms with van der Waals surface area (Å²) in [7, 11) is 1.32. The maximum atomic E-state index is 13.3. The second-order valence-corrected chi connectivity index (χ2v) is 12.0. The van der Waals surface area contributed by atoms with Crippen LogP contribution in [0, 0.1) is 39.9 Å². The molecule has 8 nitrogen and oxygen atoms in total. The average molecular weight is 493 g/mol. The molecule has 4 rings (SSSR count). The third kappa shape index (κ3) is 3.86. The highest BCUT2D eigenvalue weighted by Gasteiger charge is 2.76. The molecule has 196 valence electrons. The molecule has 1 heterocycles. The Hall–Kier alpha value is -2.12. The highest BCUT2D eigenvalue weighted by Crippen LogP contribution is 2.71. The minimum absolute atomic E-state index is 0.0387. The smallest absolute Gasteiger partial charge is 0.310 e. The summed E-state index contributed by atoms with van der Waals surface area (Å²) >= 11 is 0. The standard InChI is InChI=1S/C27H40O8/c1-7-9-18(29)35-22-20(34-15(2)28)21-25(3,4)12-8-13-26(21,5)17-11-10-16(23(30)32-6)19-24(31)33-14-27(17,19)22/h16-17,19-22H,7-14H2,1-6H3/t16-,17-,19+,20-,21+,22-,26-,27-/m1/s1. The largest absolute Gasteiger partial charge is 0.469 e. The van der Waals surface area contributed by atoms with Crippen molar-refractivity contribution in [3.8, 4) is 0 Å². The molecule has 8 heteroatoms. The van der Waals surface area contributed by atoms with Crippen molar-refractivity contribution < 1.29 is 38.1 Å². The van der Waals surface area contributed by atoms with Gasteiger partial charge in [-0.3, -0.25) is 19.2 Å². The first-order valence-electron chi connectivity index (χ1n) is 13.0. The van der Waals surface area contributed by atoms with Crippen LogP contribution in [0.15, 0.2) is 0 Å². The van der Waals surface area contributed by atoms with Crippen molar-refractivity contribution in [1.29, 1.82) is 0 Å². The summed E-state index contributed by atoms with van der Waals surface area (Å²) in [6, 6.07) is 0. The zero-order valence-electron chi connectivity index (χ0n) is 21.9. The summed E-state index contributed by atoms with van der Waals surface area (Å²) in [5.74, 6) is -3.37. The van der Waals surface area contributed by atoms with Crippen LogP contribution in [-0.2, 0) is 38.1 Å². The zero-order valence-corrected chi connectivity index (χ0v) is 21.9. The predicted molar refractivity (Wildman–Crippen MR) is 125 cm³/mol. The van der Waals surface area contributed by atoms with E-state index in [1.807, 2.05) is 6.92 Å². The lowest BCUT2D eigenvalue weighted by atomic mass is 9.37. The molecule has 0 N–H and O–H groups in total. The van der Waals surface area contributed by atoms with Crippen LogP contribution in [0.2, 0.25) is 0 Å². The van der Waals surface area contributed by atoms with Gasteiger partial charge in [0.15, 0.2) is 0 Å². The number of ether oxygens (including phenoxy) is 4. The Morgan fingerprint density at radius 1 is 1.09 bits per heavy atom. The number of hydrogen-bond acceptors (Lipinski definition) is 8. The van der Waals surface area contributed by atoms with Crippen molar-refractivity contribution in [2.75, 3.05) is 13.7 Å². The monoisotopic (exact) mass is 492 g/mol. The second-order valence-electron chi connectivity index (χ2n) is 12.0. The van der Waals surface area contributed by atoms with E-state index >= 15 is 0 Å². The van der Waals surface area contributed by atoms with Gasteiger partial charge < -0.3 is 18.9 Å². The first-order valence-corrected chi connectivity index (χ1v) is 13.0. The molecule has 0 aromatic rings. The third-order valence-electron chi connectivity index (χ3n) is 9.68. The quantitative estimate of drug-likeness (QED) is 0.421.